The Morgan fingerprint density at radius 3 is 2.10 bits per heavy atom. The van der Waals surface area contributed by atoms with Crippen LogP contribution in [0.25, 0.3) is 0 Å². The predicted octanol–water partition coefficient (Wildman–Crippen LogP) is 3.47. The summed E-state index contributed by atoms with van der Waals surface area (Å²) in [6.07, 6.45) is 0. The molecule has 0 bridgehead atoms. The Hall–Kier alpha value is -1.34. The van der Waals surface area contributed by atoms with E-state index in [1.165, 1.54) is 11.1 Å². The van der Waals surface area contributed by atoms with Crippen molar-refractivity contribution in [3.63, 3.8) is 0 Å². The van der Waals surface area contributed by atoms with Crippen LogP contribution in [0, 0.1) is 27.7 Å². The fraction of sp³-hybridized carbons (Fsp3) is 0.435. The normalized spacial score (nSPS) is 10.9. The van der Waals surface area contributed by atoms with Crippen molar-refractivity contribution in [1.82, 2.24) is 0 Å². The van der Waals surface area contributed by atoms with Gasteiger partial charge < -0.3 is 18.9 Å². The van der Waals surface area contributed by atoms with Crippen LogP contribution in [0.5, 0.6) is 11.5 Å². The topological polar surface area (TPSA) is 54.0 Å². The van der Waals surface area contributed by atoms with Gasteiger partial charge in [0.1, 0.15) is 24.7 Å². The number of methoxy groups -OCH3 is 2. The molecule has 0 aliphatic heterocycles. The number of ether oxygens (including phenoxy) is 4. The summed E-state index contributed by atoms with van der Waals surface area (Å²) in [6.45, 7) is 10.0. The minimum absolute atomic E-state index is 0. The Morgan fingerprint density at radius 2 is 1.47 bits per heavy atom. The molecule has 0 aliphatic rings. The van der Waals surface area contributed by atoms with E-state index in [-0.39, 0.29) is 33.0 Å². The van der Waals surface area contributed by atoms with Gasteiger partial charge >= 0.3 is 18.9 Å². The molecule has 0 saturated carbocycles. The van der Waals surface area contributed by atoms with E-state index in [1.54, 1.807) is 14.2 Å². The zero-order valence-corrected chi connectivity index (χ0v) is 19.2. The number of hydrogen-bond donors (Lipinski definition) is 0. The van der Waals surface area contributed by atoms with Gasteiger partial charge in [0.05, 0.1) is 13.2 Å². The first-order valence-corrected chi connectivity index (χ1v) is 10.6. The molecule has 160 valence electrons. The summed E-state index contributed by atoms with van der Waals surface area (Å²) in [6, 6.07) is 7.70. The Balaban J connectivity index is 0.00000450. The summed E-state index contributed by atoms with van der Waals surface area (Å²) in [7, 11) is 3.23. The van der Waals surface area contributed by atoms with Gasteiger partial charge in [0.2, 0.25) is 0 Å². The maximum absolute atomic E-state index is 13.2. The number of carbonyl (C=O) groups is 1. The molecule has 0 radical (unpaired) electrons. The van der Waals surface area contributed by atoms with Crippen LogP contribution in [-0.4, -0.2) is 65.0 Å². The third-order valence-corrected chi connectivity index (χ3v) is 6.05. The van der Waals surface area contributed by atoms with Gasteiger partial charge in [-0.1, -0.05) is 6.07 Å². The molecule has 2 rings (SSSR count). The zero-order chi connectivity index (χ0) is 21.4. The van der Waals surface area contributed by atoms with Crippen molar-refractivity contribution < 1.29 is 23.7 Å². The molecular weight excluding hydrogens is 394 g/mol. The molecule has 0 aromatic heterocycles. The standard InChI is InChI=1S/C23H31O5P.Li.H/c1-15-13-16(2)22(18(4)17(15)3)23(24)29-21-8-7-19(27-11-9-25-5)14-20(21)28-12-10-26-6;;/h7-8,13-14,29H,9-12H2,1-6H3;;. The van der Waals surface area contributed by atoms with Crippen molar-refractivity contribution >= 4 is 38.3 Å². The summed E-state index contributed by atoms with van der Waals surface area (Å²) >= 11 is 0. The summed E-state index contributed by atoms with van der Waals surface area (Å²) in [5, 5.41) is 0.863. The van der Waals surface area contributed by atoms with Crippen LogP contribution in [0.2, 0.25) is 0 Å². The quantitative estimate of drug-likeness (QED) is 0.313. The molecule has 0 saturated heterocycles. The minimum atomic E-state index is -0.0338. The van der Waals surface area contributed by atoms with Gasteiger partial charge in [0, 0.05) is 31.2 Å². The van der Waals surface area contributed by atoms with Crippen LogP contribution in [0.1, 0.15) is 32.6 Å². The average Bonchev–Trinajstić information content (AvgIpc) is 2.68. The first-order chi connectivity index (χ1) is 13.9. The van der Waals surface area contributed by atoms with Crippen molar-refractivity contribution in [2.24, 2.45) is 0 Å². The fourth-order valence-corrected chi connectivity index (χ4v) is 4.30. The van der Waals surface area contributed by atoms with E-state index in [0.717, 1.165) is 22.0 Å². The van der Waals surface area contributed by atoms with Gasteiger partial charge in [0.15, 0.2) is 5.52 Å². The molecule has 5 nitrogen and oxygen atoms in total. The molecule has 7 heteroatoms. The second-order valence-corrected chi connectivity index (χ2v) is 8.17. The molecule has 1 unspecified atom stereocenters. The van der Waals surface area contributed by atoms with Gasteiger partial charge in [-0.3, -0.25) is 4.79 Å². The molecule has 0 heterocycles. The Morgan fingerprint density at radius 1 is 0.833 bits per heavy atom. The summed E-state index contributed by atoms with van der Waals surface area (Å²) in [4.78, 5) is 13.2. The van der Waals surface area contributed by atoms with Crippen LogP contribution in [0.3, 0.4) is 0 Å². The van der Waals surface area contributed by atoms with Gasteiger partial charge in [-0.15, -0.1) is 0 Å². The van der Waals surface area contributed by atoms with Crippen molar-refractivity contribution in [1.29, 1.82) is 0 Å². The number of benzene rings is 2. The van der Waals surface area contributed by atoms with Crippen molar-refractivity contribution in [3.05, 3.63) is 52.1 Å². The van der Waals surface area contributed by atoms with Crippen LogP contribution in [-0.2, 0) is 9.47 Å². The first kappa shape index (κ1) is 26.7. The van der Waals surface area contributed by atoms with Gasteiger partial charge in [-0.05, 0) is 70.7 Å². The fourth-order valence-electron chi connectivity index (χ4n) is 3.11. The molecule has 2 aromatic carbocycles. The number of hydrogen-bond acceptors (Lipinski definition) is 5. The molecular formula is C23H32LiO5P. The Kier molecular flexibility index (Phi) is 11.7. The van der Waals surface area contributed by atoms with Gasteiger partial charge in [-0.25, -0.2) is 0 Å². The van der Waals surface area contributed by atoms with E-state index in [4.69, 9.17) is 18.9 Å². The monoisotopic (exact) mass is 426 g/mol. The molecule has 0 fully saturated rings. The van der Waals surface area contributed by atoms with Crippen LogP contribution in [0.15, 0.2) is 24.3 Å². The van der Waals surface area contributed by atoms with Crippen LogP contribution in [0.4, 0.5) is 0 Å². The Labute approximate surface area is 193 Å². The predicted molar refractivity (Wildman–Crippen MR) is 126 cm³/mol. The van der Waals surface area contributed by atoms with E-state index in [9.17, 15) is 4.79 Å². The molecule has 2 aromatic rings. The van der Waals surface area contributed by atoms with E-state index in [1.807, 2.05) is 32.0 Å². The Bertz CT molecular complexity index is 854. The second-order valence-electron chi connectivity index (χ2n) is 6.93. The SMILES string of the molecule is COCCOc1ccc(PC(=O)c2c(C)cc(C)c(C)c2C)c(OCCOC)c1.[LiH]. The molecule has 30 heavy (non-hydrogen) atoms. The van der Waals surface area contributed by atoms with Gasteiger partial charge in [-0.2, -0.15) is 0 Å². The number of carbonyl (C=O) groups excluding carboxylic acids is 1. The molecule has 1 atom stereocenters. The average molecular weight is 426 g/mol. The maximum atomic E-state index is 13.2. The molecule has 0 aliphatic carbocycles. The van der Waals surface area contributed by atoms with E-state index < -0.39 is 0 Å². The third kappa shape index (κ3) is 7.12. The number of aryl methyl sites for hydroxylation is 2. The zero-order valence-electron chi connectivity index (χ0n) is 18.2. The van der Waals surface area contributed by atoms with Crippen molar-refractivity contribution in [2.75, 3.05) is 40.6 Å². The molecule has 0 N–H and O–H groups in total. The third-order valence-electron chi connectivity index (χ3n) is 4.89. The van der Waals surface area contributed by atoms with Gasteiger partial charge in [0.25, 0.3) is 0 Å². The second kappa shape index (κ2) is 13.2. The van der Waals surface area contributed by atoms with E-state index in [2.05, 4.69) is 19.9 Å². The van der Waals surface area contributed by atoms with Crippen LogP contribution < -0.4 is 14.8 Å². The van der Waals surface area contributed by atoms with Crippen molar-refractivity contribution in [2.45, 2.75) is 27.7 Å². The van der Waals surface area contributed by atoms with Crippen LogP contribution >= 0.6 is 8.58 Å². The van der Waals surface area contributed by atoms with E-state index >= 15 is 0 Å². The summed E-state index contributed by atoms with van der Waals surface area (Å²) in [5.41, 5.74) is 5.39. The molecule has 0 spiro atoms. The number of rotatable bonds is 11. The van der Waals surface area contributed by atoms with E-state index in [0.29, 0.717) is 37.9 Å². The first-order valence-electron chi connectivity index (χ1n) is 9.65. The summed E-state index contributed by atoms with van der Waals surface area (Å²) in [5.74, 6) is 1.34. The van der Waals surface area contributed by atoms with Crippen molar-refractivity contribution in [3.8, 4) is 11.5 Å². The summed E-state index contributed by atoms with van der Waals surface area (Å²) < 4.78 is 21.7. The molecule has 0 amide bonds.